The van der Waals surface area contributed by atoms with E-state index in [2.05, 4.69) is 4.98 Å². The molecule has 4 aliphatic rings. The molecule has 4 fully saturated rings. The van der Waals surface area contributed by atoms with Crippen LogP contribution in [0.3, 0.4) is 0 Å². The summed E-state index contributed by atoms with van der Waals surface area (Å²) in [5, 5.41) is 0.216. The third-order valence-electron chi connectivity index (χ3n) is 5.98. The quantitative estimate of drug-likeness (QED) is 0.854. The van der Waals surface area contributed by atoms with Crippen LogP contribution in [0.15, 0.2) is 9.59 Å². The maximum atomic E-state index is 12.8. The van der Waals surface area contributed by atoms with Gasteiger partial charge in [0.05, 0.1) is 11.1 Å². The van der Waals surface area contributed by atoms with Crippen molar-refractivity contribution in [2.24, 2.45) is 17.8 Å². The van der Waals surface area contributed by atoms with Crippen molar-refractivity contribution in [2.75, 3.05) is 0 Å². The molecule has 5 heteroatoms. The molecule has 21 heavy (non-hydrogen) atoms. The molecule has 0 unspecified atom stereocenters. The highest BCUT2D eigenvalue weighted by Gasteiger charge is 2.53. The fraction of sp³-hybridized carbons (Fsp3) is 0.750. The largest absolute Gasteiger partial charge is 0.330 e. The Morgan fingerprint density at radius 3 is 2.14 bits per heavy atom. The Kier molecular flexibility index (Phi) is 2.91. The maximum Gasteiger partial charge on any atom is 0.330 e. The Hall–Kier alpha value is -1.03. The zero-order chi connectivity index (χ0) is 14.8. The van der Waals surface area contributed by atoms with Crippen LogP contribution in [0, 0.1) is 17.8 Å². The smallest absolute Gasteiger partial charge is 0.297 e. The lowest BCUT2D eigenvalue weighted by Gasteiger charge is -2.56. The summed E-state index contributed by atoms with van der Waals surface area (Å²) in [7, 11) is 0. The summed E-state index contributed by atoms with van der Waals surface area (Å²) in [4.78, 5) is 28.0. The van der Waals surface area contributed by atoms with Crippen LogP contribution < -0.4 is 11.2 Å². The van der Waals surface area contributed by atoms with Gasteiger partial charge in [-0.3, -0.25) is 14.3 Å². The second-order valence-corrected chi connectivity index (χ2v) is 7.74. The van der Waals surface area contributed by atoms with Gasteiger partial charge in [0.2, 0.25) is 0 Å². The van der Waals surface area contributed by atoms with Crippen molar-refractivity contribution < 1.29 is 0 Å². The molecule has 4 aliphatic carbocycles. The molecule has 1 N–H and O–H groups in total. The zero-order valence-corrected chi connectivity index (χ0v) is 13.1. The van der Waals surface area contributed by atoms with E-state index in [1.165, 1.54) is 19.3 Å². The summed E-state index contributed by atoms with van der Waals surface area (Å²) in [5.41, 5.74) is -0.169. The zero-order valence-electron chi connectivity index (χ0n) is 12.3. The molecule has 1 aromatic heterocycles. The third kappa shape index (κ3) is 1.88. The minimum atomic E-state index is -0.316. The van der Waals surface area contributed by atoms with E-state index in [9.17, 15) is 9.59 Å². The molecule has 0 saturated heterocycles. The number of halogens is 1. The molecule has 0 spiro atoms. The molecule has 5 rings (SSSR count). The third-order valence-corrected chi connectivity index (χ3v) is 6.30. The minimum Gasteiger partial charge on any atom is -0.297 e. The molecule has 0 atom stereocenters. The molecule has 1 aromatic rings. The summed E-state index contributed by atoms with van der Waals surface area (Å²) in [6, 6.07) is 0. The first-order chi connectivity index (χ1) is 10.0. The van der Waals surface area contributed by atoms with E-state index < -0.39 is 0 Å². The van der Waals surface area contributed by atoms with Crippen LogP contribution in [0.4, 0.5) is 0 Å². The summed E-state index contributed by atoms with van der Waals surface area (Å²) in [6.45, 7) is 1.91. The molecule has 4 saturated carbocycles. The van der Waals surface area contributed by atoms with E-state index in [0.717, 1.165) is 19.3 Å². The van der Waals surface area contributed by atoms with Gasteiger partial charge in [-0.15, -0.1) is 0 Å². The monoisotopic (exact) mass is 308 g/mol. The molecule has 0 aromatic carbocycles. The molecule has 0 amide bonds. The van der Waals surface area contributed by atoms with Crippen molar-refractivity contribution in [3.63, 3.8) is 0 Å². The molecule has 1 heterocycles. The number of rotatable bonds is 2. The Balaban J connectivity index is 1.91. The number of H-pyrrole nitrogens is 1. The fourth-order valence-corrected chi connectivity index (χ4v) is 5.92. The average Bonchev–Trinajstić information content (AvgIpc) is 2.36. The van der Waals surface area contributed by atoms with Gasteiger partial charge >= 0.3 is 5.69 Å². The Labute approximate surface area is 128 Å². The Morgan fingerprint density at radius 2 is 1.67 bits per heavy atom. The Morgan fingerprint density at radius 1 is 1.14 bits per heavy atom. The first-order valence-corrected chi connectivity index (χ1v) is 8.44. The highest BCUT2D eigenvalue weighted by molar-refractivity contribution is 6.30. The van der Waals surface area contributed by atoms with Crippen molar-refractivity contribution in [3.8, 4) is 0 Å². The molecule has 114 valence electrons. The lowest BCUT2D eigenvalue weighted by Crippen LogP contribution is -2.59. The van der Waals surface area contributed by atoms with Crippen LogP contribution in [-0.2, 0) is 12.0 Å². The first-order valence-electron chi connectivity index (χ1n) is 8.06. The van der Waals surface area contributed by atoms with E-state index in [1.54, 1.807) is 4.57 Å². The second kappa shape index (κ2) is 4.48. The molecule has 0 aliphatic heterocycles. The van der Waals surface area contributed by atoms with Crippen molar-refractivity contribution in [1.82, 2.24) is 9.55 Å². The number of hydrogen-bond acceptors (Lipinski definition) is 2. The predicted molar refractivity (Wildman–Crippen MR) is 81.9 cm³/mol. The van der Waals surface area contributed by atoms with Crippen molar-refractivity contribution in [1.29, 1.82) is 0 Å². The number of nitrogens with one attached hydrogen (secondary N) is 1. The SMILES string of the molecule is CCc1c(Cl)[nH]c(=O)n(C23CC4CC(CC(C4)C2)C3)c1=O. The lowest BCUT2D eigenvalue weighted by atomic mass is 9.53. The normalized spacial score (nSPS) is 37.1. The summed E-state index contributed by atoms with van der Waals surface area (Å²) < 4.78 is 1.54. The highest BCUT2D eigenvalue weighted by Crippen LogP contribution is 2.58. The number of aromatic nitrogens is 2. The maximum absolute atomic E-state index is 12.8. The van der Waals surface area contributed by atoms with Crippen LogP contribution in [0.1, 0.15) is 51.0 Å². The average molecular weight is 309 g/mol. The van der Waals surface area contributed by atoms with Crippen molar-refractivity contribution >= 4 is 11.6 Å². The van der Waals surface area contributed by atoms with Crippen LogP contribution in [0.25, 0.3) is 0 Å². The van der Waals surface area contributed by atoms with Crippen molar-refractivity contribution in [3.05, 3.63) is 31.6 Å². The molecule has 4 nitrogen and oxygen atoms in total. The van der Waals surface area contributed by atoms with E-state index in [-0.39, 0.29) is 21.9 Å². The van der Waals surface area contributed by atoms with Gasteiger partial charge < -0.3 is 0 Å². The van der Waals surface area contributed by atoms with Gasteiger partial charge in [-0.1, -0.05) is 18.5 Å². The number of nitrogens with zero attached hydrogens (tertiary/aromatic N) is 1. The second-order valence-electron chi connectivity index (χ2n) is 7.36. The molecule has 0 radical (unpaired) electrons. The Bertz CT molecular complexity index is 668. The van der Waals surface area contributed by atoms with Crippen LogP contribution in [0.2, 0.25) is 5.15 Å². The summed E-state index contributed by atoms with van der Waals surface area (Å²) >= 11 is 6.05. The van der Waals surface area contributed by atoms with Gasteiger partial charge in [-0.05, 0) is 62.7 Å². The minimum absolute atomic E-state index is 0.159. The van der Waals surface area contributed by atoms with E-state index >= 15 is 0 Å². The fourth-order valence-electron chi connectivity index (χ4n) is 5.62. The van der Waals surface area contributed by atoms with Gasteiger partial charge in [0.1, 0.15) is 5.15 Å². The van der Waals surface area contributed by atoms with Crippen LogP contribution >= 0.6 is 11.6 Å². The van der Waals surface area contributed by atoms with Crippen LogP contribution in [0.5, 0.6) is 0 Å². The topological polar surface area (TPSA) is 54.9 Å². The summed E-state index contributed by atoms with van der Waals surface area (Å²) in [6.07, 6.45) is 7.41. The first kappa shape index (κ1) is 13.6. The van der Waals surface area contributed by atoms with Gasteiger partial charge in [0, 0.05) is 0 Å². The van der Waals surface area contributed by atoms with Gasteiger partial charge in [0.15, 0.2) is 0 Å². The molecular weight excluding hydrogens is 288 g/mol. The van der Waals surface area contributed by atoms with Gasteiger partial charge in [0.25, 0.3) is 5.56 Å². The van der Waals surface area contributed by atoms with E-state index in [4.69, 9.17) is 11.6 Å². The lowest BCUT2D eigenvalue weighted by molar-refractivity contribution is -0.0472. The molecule has 4 bridgehead atoms. The van der Waals surface area contributed by atoms with E-state index in [1.807, 2.05) is 6.92 Å². The number of hydrogen-bond donors (Lipinski definition) is 1. The van der Waals surface area contributed by atoms with Gasteiger partial charge in [-0.2, -0.15) is 0 Å². The number of aromatic amines is 1. The van der Waals surface area contributed by atoms with Crippen molar-refractivity contribution in [2.45, 2.75) is 57.4 Å². The predicted octanol–water partition coefficient (Wildman–Crippen LogP) is 2.68. The highest BCUT2D eigenvalue weighted by atomic mass is 35.5. The molecular formula is C16H21ClN2O2. The summed E-state index contributed by atoms with van der Waals surface area (Å²) in [5.74, 6) is 2.09. The van der Waals surface area contributed by atoms with Gasteiger partial charge in [-0.25, -0.2) is 4.79 Å². The standard InChI is InChI=1S/C16H21ClN2O2/c1-2-12-13(17)18-15(21)19(14(12)20)16-6-9-3-10(7-16)5-11(4-9)8-16/h9-11H,2-8H2,1H3,(H,18,21). The van der Waals surface area contributed by atoms with Crippen LogP contribution in [-0.4, -0.2) is 9.55 Å². The van der Waals surface area contributed by atoms with E-state index in [0.29, 0.717) is 29.7 Å².